The Morgan fingerprint density at radius 2 is 1.85 bits per heavy atom. The van der Waals surface area contributed by atoms with Crippen LogP contribution in [0.15, 0.2) is 36.8 Å². The van der Waals surface area contributed by atoms with Crippen molar-refractivity contribution in [3.05, 3.63) is 63.8 Å². The summed E-state index contributed by atoms with van der Waals surface area (Å²) in [5.74, 6) is -0.258. The maximum atomic E-state index is 14.9. The molecule has 0 radical (unpaired) electrons. The number of hydrogen-bond donors (Lipinski definition) is 3. The van der Waals surface area contributed by atoms with Gasteiger partial charge in [0.1, 0.15) is 11.5 Å². The van der Waals surface area contributed by atoms with Gasteiger partial charge in [-0.3, -0.25) is 15.8 Å². The number of rotatable bonds is 7. The summed E-state index contributed by atoms with van der Waals surface area (Å²) in [4.78, 5) is 10.4. The number of nitrogens with two attached hydrogens (primary N) is 1. The molecule has 206 valence electrons. The molecule has 1 aromatic carbocycles. The van der Waals surface area contributed by atoms with Gasteiger partial charge in [-0.25, -0.2) is 17.8 Å². The molecule has 1 aliphatic heterocycles. The predicted octanol–water partition coefficient (Wildman–Crippen LogP) is 3.08. The van der Waals surface area contributed by atoms with Crippen molar-refractivity contribution >= 4 is 49.9 Å². The van der Waals surface area contributed by atoms with Gasteiger partial charge in [0.15, 0.2) is 17.8 Å². The lowest BCUT2D eigenvalue weighted by molar-refractivity contribution is 0.205. The largest absolute Gasteiger partial charge is 0.468 e. The zero-order valence-electron chi connectivity index (χ0n) is 20.6. The van der Waals surface area contributed by atoms with Gasteiger partial charge in [0.05, 0.1) is 28.4 Å². The summed E-state index contributed by atoms with van der Waals surface area (Å²) in [6.45, 7) is 1.22. The van der Waals surface area contributed by atoms with E-state index < -0.39 is 22.1 Å². The number of piperazine rings is 1. The number of sulfonamides is 1. The minimum absolute atomic E-state index is 0.141. The van der Waals surface area contributed by atoms with Gasteiger partial charge in [0.2, 0.25) is 10.0 Å². The van der Waals surface area contributed by atoms with Crippen molar-refractivity contribution < 1.29 is 22.7 Å². The molecule has 39 heavy (non-hydrogen) atoms. The van der Waals surface area contributed by atoms with E-state index in [1.165, 1.54) is 35.1 Å². The Bertz CT molecular complexity index is 1620. The summed E-state index contributed by atoms with van der Waals surface area (Å²) in [5.41, 5.74) is 8.39. The number of benzene rings is 1. The molecular weight excluding hydrogens is 572 g/mol. The van der Waals surface area contributed by atoms with Crippen molar-refractivity contribution in [2.45, 2.75) is 12.8 Å². The molecule has 1 fully saturated rings. The van der Waals surface area contributed by atoms with Gasteiger partial charge in [0, 0.05) is 72.9 Å². The summed E-state index contributed by atoms with van der Waals surface area (Å²) < 4.78 is 45.7. The van der Waals surface area contributed by atoms with Crippen molar-refractivity contribution in [3.8, 4) is 17.0 Å². The molecule has 1 aliphatic rings. The van der Waals surface area contributed by atoms with Gasteiger partial charge in [0.25, 0.3) is 0 Å². The molecule has 3 aromatic heterocycles. The van der Waals surface area contributed by atoms with Crippen LogP contribution < -0.4 is 15.4 Å². The highest BCUT2D eigenvalue weighted by Gasteiger charge is 2.26. The Morgan fingerprint density at radius 1 is 1.15 bits per heavy atom. The zero-order valence-corrected chi connectivity index (χ0v) is 22.9. The molecule has 4 heterocycles. The lowest BCUT2D eigenvalue weighted by atomic mass is 10.1. The maximum absolute atomic E-state index is 14.9. The van der Waals surface area contributed by atoms with Crippen LogP contribution in [0.1, 0.15) is 17.4 Å². The van der Waals surface area contributed by atoms with Gasteiger partial charge < -0.3 is 14.7 Å². The normalized spacial score (nSPS) is 15.6. The molecule has 0 saturated carbocycles. The number of nitrogens with one attached hydrogen (secondary N) is 1. The molecule has 5 rings (SSSR count). The Morgan fingerprint density at radius 3 is 2.49 bits per heavy atom. The first kappa shape index (κ1) is 27.5. The van der Waals surface area contributed by atoms with E-state index in [-0.39, 0.29) is 28.0 Å². The van der Waals surface area contributed by atoms with Crippen LogP contribution >= 0.6 is 23.2 Å². The Balaban J connectivity index is 1.44. The zero-order chi connectivity index (χ0) is 27.9. The predicted molar refractivity (Wildman–Crippen MR) is 146 cm³/mol. The minimum atomic E-state index is -3.27. The van der Waals surface area contributed by atoms with E-state index in [1.807, 2.05) is 4.90 Å². The van der Waals surface area contributed by atoms with Crippen LogP contribution in [0.5, 0.6) is 5.75 Å². The standard InChI is InChI=1S/C24H24Cl2FN7O4S/c1-39(36,37)34-4-2-33(3-5-34)24-14(12-35)6-13(9-30-24)22-15-7-20(18(27)8-19(15)31-32-22)38-23(28)21-16(25)10-29-11-17(21)26/h6-11,23,35H,2-5,12,28H2,1H3,(H,31,32)/t23-/m0/s1. The molecular formula is C24H24Cl2FN7O4S. The van der Waals surface area contributed by atoms with Crippen LogP contribution in [0.25, 0.3) is 22.2 Å². The number of aliphatic hydroxyl groups is 1. The maximum Gasteiger partial charge on any atom is 0.211 e. The third-order valence-corrected chi connectivity index (χ3v) is 8.34. The first-order valence-electron chi connectivity index (χ1n) is 11.8. The fourth-order valence-electron chi connectivity index (χ4n) is 4.48. The first-order chi connectivity index (χ1) is 18.6. The highest BCUT2D eigenvalue weighted by Crippen LogP contribution is 2.35. The smallest absolute Gasteiger partial charge is 0.211 e. The van der Waals surface area contributed by atoms with E-state index in [1.54, 1.807) is 12.3 Å². The number of hydrogen-bond acceptors (Lipinski definition) is 9. The number of aromatic amines is 1. The van der Waals surface area contributed by atoms with Crippen LogP contribution in [0.3, 0.4) is 0 Å². The summed E-state index contributed by atoms with van der Waals surface area (Å²) >= 11 is 12.3. The first-order valence-corrected chi connectivity index (χ1v) is 14.4. The highest BCUT2D eigenvalue weighted by molar-refractivity contribution is 7.88. The molecule has 4 N–H and O–H groups in total. The quantitative estimate of drug-likeness (QED) is 0.274. The number of anilines is 1. The van der Waals surface area contributed by atoms with Crippen LogP contribution in [0.2, 0.25) is 10.0 Å². The minimum Gasteiger partial charge on any atom is -0.468 e. The average Bonchev–Trinajstić information content (AvgIpc) is 3.30. The molecule has 1 atom stereocenters. The summed E-state index contributed by atoms with van der Waals surface area (Å²) in [6, 6.07) is 4.44. The van der Waals surface area contributed by atoms with E-state index in [4.69, 9.17) is 33.7 Å². The Labute approximate surface area is 233 Å². The topological polar surface area (TPSA) is 151 Å². The number of nitrogens with zero attached hydrogens (tertiary/aromatic N) is 5. The molecule has 0 amide bonds. The van der Waals surface area contributed by atoms with Crippen molar-refractivity contribution in [2.75, 3.05) is 37.3 Å². The van der Waals surface area contributed by atoms with Gasteiger partial charge in [-0.05, 0) is 12.1 Å². The van der Waals surface area contributed by atoms with Gasteiger partial charge >= 0.3 is 0 Å². The monoisotopic (exact) mass is 595 g/mol. The molecule has 0 bridgehead atoms. The second-order valence-electron chi connectivity index (χ2n) is 8.97. The molecule has 0 aliphatic carbocycles. The fourth-order valence-corrected chi connectivity index (χ4v) is 5.89. The number of ether oxygens (including phenoxy) is 1. The number of aliphatic hydroxyl groups excluding tert-OH is 1. The van der Waals surface area contributed by atoms with Crippen LogP contribution in [0, 0.1) is 5.82 Å². The molecule has 0 unspecified atom stereocenters. The average molecular weight is 596 g/mol. The third kappa shape index (κ3) is 5.51. The lowest BCUT2D eigenvalue weighted by Crippen LogP contribution is -2.48. The van der Waals surface area contributed by atoms with E-state index in [0.717, 1.165) is 0 Å². The SMILES string of the molecule is CS(=O)(=O)N1CCN(c2ncc(-c3n[nH]c4cc(F)c(O[C@H](N)c5c(Cl)cncc5Cl)cc34)cc2CO)CC1. The summed E-state index contributed by atoms with van der Waals surface area (Å²) in [7, 11) is -3.27. The number of halogens is 3. The fraction of sp³-hybridized carbons (Fsp3) is 0.292. The van der Waals surface area contributed by atoms with Gasteiger partial charge in [-0.15, -0.1) is 0 Å². The molecule has 15 heteroatoms. The lowest BCUT2D eigenvalue weighted by Gasteiger charge is -2.34. The Kier molecular flexibility index (Phi) is 7.64. The molecule has 1 saturated heterocycles. The number of fused-ring (bicyclic) bond motifs is 1. The summed E-state index contributed by atoms with van der Waals surface area (Å²) in [5, 5.41) is 18.1. The second kappa shape index (κ2) is 10.8. The second-order valence-corrected chi connectivity index (χ2v) is 11.8. The van der Waals surface area contributed by atoms with Crippen molar-refractivity contribution in [2.24, 2.45) is 5.73 Å². The highest BCUT2D eigenvalue weighted by atomic mass is 35.5. The number of aromatic nitrogens is 4. The Hall–Kier alpha value is -3.07. The van der Waals surface area contributed by atoms with Crippen LogP contribution in [0.4, 0.5) is 10.2 Å². The van der Waals surface area contributed by atoms with Crippen molar-refractivity contribution in [3.63, 3.8) is 0 Å². The molecule has 0 spiro atoms. The molecule has 4 aromatic rings. The number of H-pyrrole nitrogens is 1. The molecule has 11 nitrogen and oxygen atoms in total. The van der Waals surface area contributed by atoms with E-state index in [9.17, 15) is 17.9 Å². The van der Waals surface area contributed by atoms with Crippen LogP contribution in [-0.2, 0) is 16.6 Å². The van der Waals surface area contributed by atoms with Crippen molar-refractivity contribution in [1.29, 1.82) is 0 Å². The van der Waals surface area contributed by atoms with Crippen LogP contribution in [-0.4, -0.2) is 70.4 Å². The number of pyridine rings is 2. The summed E-state index contributed by atoms with van der Waals surface area (Å²) in [6.07, 6.45) is 4.34. The van der Waals surface area contributed by atoms with E-state index in [0.29, 0.717) is 59.7 Å². The van der Waals surface area contributed by atoms with Gasteiger partial charge in [-0.1, -0.05) is 23.2 Å². The third-order valence-electron chi connectivity index (χ3n) is 6.44. The van der Waals surface area contributed by atoms with E-state index in [2.05, 4.69) is 20.2 Å². The van der Waals surface area contributed by atoms with Crippen molar-refractivity contribution in [1.82, 2.24) is 24.5 Å². The van der Waals surface area contributed by atoms with E-state index >= 15 is 0 Å². The van der Waals surface area contributed by atoms with Gasteiger partial charge in [-0.2, -0.15) is 9.40 Å².